The zero-order valence-electron chi connectivity index (χ0n) is 15.6. The van der Waals surface area contributed by atoms with Gasteiger partial charge in [0.2, 0.25) is 5.91 Å². The van der Waals surface area contributed by atoms with Crippen molar-refractivity contribution in [2.24, 2.45) is 0 Å². The number of benzene rings is 2. The summed E-state index contributed by atoms with van der Waals surface area (Å²) in [7, 11) is 0. The van der Waals surface area contributed by atoms with Crippen molar-refractivity contribution in [2.45, 2.75) is 25.2 Å². The van der Waals surface area contributed by atoms with Gasteiger partial charge in [-0.2, -0.15) is 5.26 Å². The maximum Gasteiger partial charge on any atom is 0.261 e. The Hall–Kier alpha value is -3.72. The third-order valence-electron chi connectivity index (χ3n) is 5.87. The minimum absolute atomic E-state index is 0.0188. The molecule has 1 aromatic heterocycles. The van der Waals surface area contributed by atoms with E-state index in [1.165, 1.54) is 4.90 Å². The van der Waals surface area contributed by atoms with Crippen molar-refractivity contribution < 1.29 is 14.4 Å². The van der Waals surface area contributed by atoms with Gasteiger partial charge in [0.05, 0.1) is 28.6 Å². The van der Waals surface area contributed by atoms with Crippen LogP contribution in [-0.4, -0.2) is 33.7 Å². The number of amides is 2. The van der Waals surface area contributed by atoms with Gasteiger partial charge in [-0.1, -0.05) is 30.3 Å². The van der Waals surface area contributed by atoms with E-state index < -0.39 is 0 Å². The van der Waals surface area contributed by atoms with Crippen molar-refractivity contribution in [3.05, 3.63) is 70.9 Å². The molecule has 0 saturated heterocycles. The molecule has 1 atom stereocenters. The quantitative estimate of drug-likeness (QED) is 0.648. The number of hydrogen-bond donors (Lipinski definition) is 0. The van der Waals surface area contributed by atoms with Crippen LogP contribution in [0.15, 0.2) is 48.5 Å². The van der Waals surface area contributed by atoms with Crippen LogP contribution in [0.3, 0.4) is 0 Å². The largest absolute Gasteiger partial charge is 0.283 e. The molecule has 0 fully saturated rings. The monoisotopic (exact) mass is 383 g/mol. The van der Waals surface area contributed by atoms with Gasteiger partial charge in [-0.3, -0.25) is 23.9 Å². The molecular formula is C23H17N3O3. The summed E-state index contributed by atoms with van der Waals surface area (Å²) in [5.74, 6) is -0.987. The number of nitriles is 1. The number of hydrogen-bond acceptors (Lipinski definition) is 4. The smallest absolute Gasteiger partial charge is 0.261 e. The van der Waals surface area contributed by atoms with E-state index in [-0.39, 0.29) is 30.2 Å². The minimum atomic E-state index is -0.378. The summed E-state index contributed by atoms with van der Waals surface area (Å²) in [6.07, 6.45) is 1.23. The van der Waals surface area contributed by atoms with Gasteiger partial charge in [0.15, 0.2) is 0 Å². The number of carbonyl (C=O) groups excluding carboxylic acids is 3. The second kappa shape index (κ2) is 6.42. The molecule has 2 aliphatic heterocycles. The van der Waals surface area contributed by atoms with E-state index in [4.69, 9.17) is 0 Å². The highest BCUT2D eigenvalue weighted by Crippen LogP contribution is 2.37. The summed E-state index contributed by atoms with van der Waals surface area (Å²) in [6.45, 7) is 0.208. The summed E-state index contributed by atoms with van der Waals surface area (Å²) in [4.78, 5) is 39.3. The van der Waals surface area contributed by atoms with Crippen LogP contribution < -0.4 is 0 Å². The molecule has 6 nitrogen and oxygen atoms in total. The normalized spacial score (nSPS) is 18.1. The molecule has 3 aromatic rings. The molecule has 1 unspecified atom stereocenters. The number of fused-ring (bicyclic) bond motifs is 4. The molecule has 0 N–H and O–H groups in total. The van der Waals surface area contributed by atoms with Gasteiger partial charge < -0.3 is 0 Å². The van der Waals surface area contributed by atoms with Gasteiger partial charge in [0.25, 0.3) is 11.8 Å². The Morgan fingerprint density at radius 2 is 1.62 bits per heavy atom. The molecule has 0 radical (unpaired) electrons. The Labute approximate surface area is 166 Å². The molecule has 3 heterocycles. The molecule has 29 heavy (non-hydrogen) atoms. The Morgan fingerprint density at radius 1 is 0.966 bits per heavy atom. The second-order valence-corrected chi connectivity index (χ2v) is 7.39. The highest BCUT2D eigenvalue weighted by Gasteiger charge is 2.36. The minimum Gasteiger partial charge on any atom is -0.283 e. The number of aromatic nitrogens is 1. The molecule has 5 rings (SSSR count). The summed E-state index contributed by atoms with van der Waals surface area (Å²) in [5.41, 5.74) is 3.21. The molecular weight excluding hydrogens is 366 g/mol. The van der Waals surface area contributed by atoms with Crippen LogP contribution in [0.4, 0.5) is 0 Å². The van der Waals surface area contributed by atoms with Crippen molar-refractivity contribution in [2.75, 3.05) is 6.54 Å². The average Bonchev–Trinajstić information content (AvgIpc) is 3.21. The third-order valence-corrected chi connectivity index (χ3v) is 5.87. The number of rotatable bonds is 3. The first-order chi connectivity index (χ1) is 14.1. The Balaban J connectivity index is 1.56. The fourth-order valence-corrected chi connectivity index (χ4v) is 4.53. The van der Waals surface area contributed by atoms with E-state index in [0.29, 0.717) is 36.1 Å². The first kappa shape index (κ1) is 17.4. The molecule has 2 aromatic carbocycles. The van der Waals surface area contributed by atoms with Crippen LogP contribution in [0.5, 0.6) is 0 Å². The summed E-state index contributed by atoms with van der Waals surface area (Å²) in [6, 6.07) is 16.7. The van der Waals surface area contributed by atoms with Gasteiger partial charge in [0.1, 0.15) is 0 Å². The summed E-state index contributed by atoms with van der Waals surface area (Å²) in [5, 5.41) is 10.6. The lowest BCUT2D eigenvalue weighted by Gasteiger charge is -2.21. The average molecular weight is 383 g/mol. The van der Waals surface area contributed by atoms with Gasteiger partial charge in [-0.15, -0.1) is 0 Å². The summed E-state index contributed by atoms with van der Waals surface area (Å²) < 4.78 is 1.66. The zero-order chi connectivity index (χ0) is 20.1. The summed E-state index contributed by atoms with van der Waals surface area (Å²) >= 11 is 0. The van der Waals surface area contributed by atoms with Crippen LogP contribution >= 0.6 is 0 Å². The Morgan fingerprint density at radius 3 is 2.31 bits per heavy atom. The van der Waals surface area contributed by atoms with E-state index in [9.17, 15) is 19.6 Å². The zero-order valence-corrected chi connectivity index (χ0v) is 15.6. The number of nitrogens with zero attached hydrogens (tertiary/aromatic N) is 3. The van der Waals surface area contributed by atoms with Crippen LogP contribution in [0.1, 0.15) is 55.5 Å². The molecule has 2 amide bonds. The van der Waals surface area contributed by atoms with Gasteiger partial charge in [-0.25, -0.2) is 0 Å². The van der Waals surface area contributed by atoms with E-state index in [1.807, 2.05) is 24.3 Å². The standard InChI is InChI=1S/C23H17N3O3/c24-13-14-9-10-20(27)26-19-8-4-3-5-15(19)16(21(14)26)11-12-25-22(28)17-6-1-2-7-18(17)23(25)29/h1-8,14H,9-12H2. The maximum absolute atomic E-state index is 12.7. The van der Waals surface area contributed by atoms with Crippen molar-refractivity contribution in [1.29, 1.82) is 5.26 Å². The van der Waals surface area contributed by atoms with Crippen molar-refractivity contribution in [3.63, 3.8) is 0 Å². The predicted octanol–water partition coefficient (Wildman–Crippen LogP) is 3.52. The fourth-order valence-electron chi connectivity index (χ4n) is 4.53. The Bertz CT molecular complexity index is 1210. The third kappa shape index (κ3) is 2.44. The number of para-hydroxylation sites is 1. The van der Waals surface area contributed by atoms with E-state index >= 15 is 0 Å². The SMILES string of the molecule is N#CC1CCC(=O)n2c1c(CCN1C(=O)c3ccccc3C1=O)c1ccccc12. The van der Waals surface area contributed by atoms with E-state index in [2.05, 4.69) is 6.07 Å². The Kier molecular flexibility index (Phi) is 3.85. The van der Waals surface area contributed by atoms with Crippen molar-refractivity contribution >= 4 is 28.6 Å². The van der Waals surface area contributed by atoms with Gasteiger partial charge in [-0.05, 0) is 36.6 Å². The van der Waals surface area contributed by atoms with Crippen LogP contribution in [-0.2, 0) is 6.42 Å². The predicted molar refractivity (Wildman–Crippen MR) is 106 cm³/mol. The molecule has 0 aliphatic carbocycles. The van der Waals surface area contributed by atoms with Gasteiger partial charge >= 0.3 is 0 Å². The lowest BCUT2D eigenvalue weighted by atomic mass is 9.92. The first-order valence-corrected chi connectivity index (χ1v) is 9.62. The molecule has 0 saturated carbocycles. The van der Waals surface area contributed by atoms with Crippen LogP contribution in [0.25, 0.3) is 10.9 Å². The van der Waals surface area contributed by atoms with E-state index in [0.717, 1.165) is 16.5 Å². The molecule has 142 valence electrons. The molecule has 0 bridgehead atoms. The van der Waals surface area contributed by atoms with E-state index in [1.54, 1.807) is 28.8 Å². The molecule has 0 spiro atoms. The highest BCUT2D eigenvalue weighted by atomic mass is 16.2. The molecule has 6 heteroatoms. The van der Waals surface area contributed by atoms with Crippen molar-refractivity contribution in [3.8, 4) is 6.07 Å². The van der Waals surface area contributed by atoms with Crippen LogP contribution in [0.2, 0.25) is 0 Å². The second-order valence-electron chi connectivity index (χ2n) is 7.39. The highest BCUT2D eigenvalue weighted by molar-refractivity contribution is 6.21. The number of imide groups is 1. The molecule has 2 aliphatic rings. The van der Waals surface area contributed by atoms with Crippen molar-refractivity contribution in [1.82, 2.24) is 9.47 Å². The van der Waals surface area contributed by atoms with Crippen LogP contribution in [0, 0.1) is 11.3 Å². The number of carbonyl (C=O) groups is 3. The fraction of sp³-hybridized carbons (Fsp3) is 0.217. The van der Waals surface area contributed by atoms with Gasteiger partial charge in [0, 0.05) is 24.0 Å². The lowest BCUT2D eigenvalue weighted by Crippen LogP contribution is -2.32. The maximum atomic E-state index is 12.7. The first-order valence-electron chi connectivity index (χ1n) is 9.62. The topological polar surface area (TPSA) is 83.2 Å². The lowest BCUT2D eigenvalue weighted by molar-refractivity contribution is 0.0655.